The van der Waals surface area contributed by atoms with Crippen LogP contribution in [0.3, 0.4) is 0 Å². The number of esters is 1. The van der Waals surface area contributed by atoms with E-state index in [4.69, 9.17) is 24.7 Å². The molecule has 0 spiro atoms. The minimum absolute atomic E-state index is 0.267. The lowest BCUT2D eigenvalue weighted by molar-refractivity contribution is -0.207. The number of nitriles is 1. The molecule has 2 aliphatic rings. The standard InChI is InChI=1S/C17H19N5O5/c1-9(23)24-7-17(6-18)14-13(25-16(2,3)27-14)12(26-17)10-4-5-11-15(19)20-8-21-22(10)11/h4-5,8,12-14H,7H2,1-3H3,(H2,19,20,21)/t12-,13-,14-,17+/m0/s1. The molecule has 0 saturated carbocycles. The van der Waals surface area contributed by atoms with Gasteiger partial charge >= 0.3 is 5.97 Å². The van der Waals surface area contributed by atoms with Gasteiger partial charge in [0.1, 0.15) is 42.8 Å². The number of nitrogens with zero attached hydrogens (tertiary/aromatic N) is 4. The monoisotopic (exact) mass is 373 g/mol. The van der Waals surface area contributed by atoms with Crippen molar-refractivity contribution < 1.29 is 23.7 Å². The lowest BCUT2D eigenvalue weighted by Gasteiger charge is -2.28. The van der Waals surface area contributed by atoms with E-state index >= 15 is 0 Å². The number of fused-ring (bicyclic) bond motifs is 2. The summed E-state index contributed by atoms with van der Waals surface area (Å²) in [5, 5.41) is 14.1. The van der Waals surface area contributed by atoms with Gasteiger partial charge in [-0.25, -0.2) is 9.50 Å². The van der Waals surface area contributed by atoms with E-state index in [0.717, 1.165) is 0 Å². The second kappa shape index (κ2) is 5.88. The van der Waals surface area contributed by atoms with Crippen molar-refractivity contribution >= 4 is 17.3 Å². The van der Waals surface area contributed by atoms with E-state index in [1.54, 1.807) is 30.5 Å². The van der Waals surface area contributed by atoms with Crippen molar-refractivity contribution in [3.05, 3.63) is 24.2 Å². The summed E-state index contributed by atoms with van der Waals surface area (Å²) in [7, 11) is 0. The molecule has 2 N–H and O–H groups in total. The van der Waals surface area contributed by atoms with Gasteiger partial charge in [-0.3, -0.25) is 4.79 Å². The topological polar surface area (TPSA) is 134 Å². The lowest BCUT2D eigenvalue weighted by Crippen LogP contribution is -2.46. The highest BCUT2D eigenvalue weighted by Gasteiger charge is 2.65. The van der Waals surface area contributed by atoms with Crippen LogP contribution in [0.4, 0.5) is 5.82 Å². The average molecular weight is 373 g/mol. The SMILES string of the molecule is CC(=O)OC[C@@]1(C#N)O[C@@H](c2ccc3c(N)ncnn23)[C@@H]2OC(C)(C)O[C@@H]21. The van der Waals surface area contributed by atoms with Gasteiger partial charge < -0.3 is 24.7 Å². The van der Waals surface area contributed by atoms with Gasteiger partial charge in [-0.2, -0.15) is 10.4 Å². The zero-order valence-corrected chi connectivity index (χ0v) is 15.1. The van der Waals surface area contributed by atoms with Crippen LogP contribution in [0.15, 0.2) is 18.5 Å². The minimum atomic E-state index is -1.50. The van der Waals surface area contributed by atoms with Crippen molar-refractivity contribution in [2.24, 2.45) is 0 Å². The number of rotatable bonds is 3. The van der Waals surface area contributed by atoms with E-state index < -0.39 is 35.7 Å². The van der Waals surface area contributed by atoms with Gasteiger partial charge in [0, 0.05) is 6.92 Å². The summed E-state index contributed by atoms with van der Waals surface area (Å²) in [6.07, 6.45) is -0.676. The lowest BCUT2D eigenvalue weighted by atomic mass is 9.96. The number of carbonyl (C=O) groups is 1. The summed E-state index contributed by atoms with van der Waals surface area (Å²) in [5.74, 6) is -1.11. The third-order valence-electron chi connectivity index (χ3n) is 4.71. The van der Waals surface area contributed by atoms with Crippen LogP contribution < -0.4 is 5.73 Å². The van der Waals surface area contributed by atoms with E-state index in [1.165, 1.54) is 13.3 Å². The van der Waals surface area contributed by atoms with E-state index in [-0.39, 0.29) is 6.61 Å². The molecule has 2 fully saturated rings. The largest absolute Gasteiger partial charge is 0.462 e. The molecule has 0 aliphatic carbocycles. The normalized spacial score (nSPS) is 31.6. The molecule has 0 amide bonds. The predicted octanol–water partition coefficient (Wildman–Crippen LogP) is 0.728. The number of carbonyl (C=O) groups excluding carboxylic acids is 1. The van der Waals surface area contributed by atoms with Gasteiger partial charge in [0.2, 0.25) is 5.60 Å². The molecule has 2 aromatic rings. The molecule has 10 nitrogen and oxygen atoms in total. The Bertz CT molecular complexity index is 951. The van der Waals surface area contributed by atoms with Crippen molar-refractivity contribution in [2.45, 2.75) is 50.5 Å². The average Bonchev–Trinajstić information content (AvgIpc) is 3.24. The highest BCUT2D eigenvalue weighted by atomic mass is 16.8. The first-order chi connectivity index (χ1) is 12.8. The summed E-state index contributed by atoms with van der Waals surface area (Å²) in [6.45, 7) is 4.51. The van der Waals surface area contributed by atoms with Crippen molar-refractivity contribution in [2.75, 3.05) is 12.3 Å². The first kappa shape index (κ1) is 17.7. The van der Waals surface area contributed by atoms with E-state index in [1.807, 2.05) is 0 Å². The summed E-state index contributed by atoms with van der Waals surface area (Å²) in [4.78, 5) is 15.3. The zero-order chi connectivity index (χ0) is 19.4. The van der Waals surface area contributed by atoms with Crippen molar-refractivity contribution in [3.63, 3.8) is 0 Å². The van der Waals surface area contributed by atoms with Crippen molar-refractivity contribution in [1.82, 2.24) is 14.6 Å². The van der Waals surface area contributed by atoms with Crippen LogP contribution >= 0.6 is 0 Å². The van der Waals surface area contributed by atoms with Gasteiger partial charge in [-0.05, 0) is 26.0 Å². The quantitative estimate of drug-likeness (QED) is 0.772. The molecule has 0 unspecified atom stereocenters. The summed E-state index contributed by atoms with van der Waals surface area (Å²) in [5.41, 5.74) is 5.64. The number of aromatic nitrogens is 3. The third kappa shape index (κ3) is 2.71. The Balaban J connectivity index is 1.78. The number of nitrogens with two attached hydrogens (primary N) is 1. The molecule has 2 aliphatic heterocycles. The van der Waals surface area contributed by atoms with Gasteiger partial charge in [0.25, 0.3) is 0 Å². The molecule has 4 heterocycles. The Labute approximate surface area is 154 Å². The Morgan fingerprint density at radius 3 is 2.89 bits per heavy atom. The maximum absolute atomic E-state index is 11.3. The number of anilines is 1. The Morgan fingerprint density at radius 1 is 1.41 bits per heavy atom. The molecular formula is C17H19N5O5. The van der Waals surface area contributed by atoms with Crippen LogP contribution in [-0.4, -0.2) is 50.8 Å². The van der Waals surface area contributed by atoms with E-state index in [2.05, 4.69) is 16.2 Å². The molecule has 4 atom stereocenters. The van der Waals surface area contributed by atoms with Gasteiger partial charge in [0.15, 0.2) is 11.6 Å². The highest BCUT2D eigenvalue weighted by Crippen LogP contribution is 2.50. The van der Waals surface area contributed by atoms with Gasteiger partial charge in [0.05, 0.1) is 5.69 Å². The third-order valence-corrected chi connectivity index (χ3v) is 4.71. The van der Waals surface area contributed by atoms with Crippen LogP contribution in [0.2, 0.25) is 0 Å². The summed E-state index contributed by atoms with van der Waals surface area (Å²) in [6, 6.07) is 5.68. The van der Waals surface area contributed by atoms with E-state index in [0.29, 0.717) is 17.0 Å². The number of ether oxygens (including phenoxy) is 4. The van der Waals surface area contributed by atoms with Crippen molar-refractivity contribution in [1.29, 1.82) is 5.26 Å². The predicted molar refractivity (Wildman–Crippen MR) is 90.0 cm³/mol. The van der Waals surface area contributed by atoms with Crippen molar-refractivity contribution in [3.8, 4) is 6.07 Å². The smallest absolute Gasteiger partial charge is 0.302 e. The first-order valence-corrected chi connectivity index (χ1v) is 8.42. The van der Waals surface area contributed by atoms with Crippen LogP contribution in [0, 0.1) is 11.3 Å². The molecule has 4 rings (SSSR count). The fourth-order valence-corrected chi connectivity index (χ4v) is 3.60. The minimum Gasteiger partial charge on any atom is -0.462 e. The molecule has 2 aromatic heterocycles. The molecule has 0 bridgehead atoms. The summed E-state index contributed by atoms with van der Waals surface area (Å²) >= 11 is 0. The second-order valence-corrected chi connectivity index (χ2v) is 7.04. The van der Waals surface area contributed by atoms with E-state index in [9.17, 15) is 10.1 Å². The number of hydrogen-bond acceptors (Lipinski definition) is 9. The molecule has 0 radical (unpaired) electrons. The fraction of sp³-hybridized carbons (Fsp3) is 0.529. The Hall–Kier alpha value is -2.74. The molecular weight excluding hydrogens is 354 g/mol. The summed E-state index contributed by atoms with van der Waals surface area (Å²) < 4.78 is 24.8. The molecule has 0 aromatic carbocycles. The Morgan fingerprint density at radius 2 is 2.19 bits per heavy atom. The van der Waals surface area contributed by atoms with Crippen LogP contribution in [-0.2, 0) is 23.7 Å². The zero-order valence-electron chi connectivity index (χ0n) is 15.1. The number of hydrogen-bond donors (Lipinski definition) is 1. The molecule has 142 valence electrons. The van der Waals surface area contributed by atoms with Crippen LogP contribution in [0.25, 0.3) is 5.52 Å². The second-order valence-electron chi connectivity index (χ2n) is 7.04. The Kier molecular flexibility index (Phi) is 3.85. The van der Waals surface area contributed by atoms with Gasteiger partial charge in [-0.15, -0.1) is 0 Å². The highest BCUT2D eigenvalue weighted by molar-refractivity contribution is 5.66. The maximum atomic E-state index is 11.3. The first-order valence-electron chi connectivity index (χ1n) is 8.42. The maximum Gasteiger partial charge on any atom is 0.302 e. The van der Waals surface area contributed by atoms with Gasteiger partial charge in [-0.1, -0.05) is 0 Å². The number of nitrogen functional groups attached to an aromatic ring is 1. The molecule has 27 heavy (non-hydrogen) atoms. The fourth-order valence-electron chi connectivity index (χ4n) is 3.60. The van der Waals surface area contributed by atoms with Crippen LogP contribution in [0.1, 0.15) is 32.6 Å². The van der Waals surface area contributed by atoms with Crippen LogP contribution in [0.5, 0.6) is 0 Å². The molecule has 10 heteroatoms. The molecule has 2 saturated heterocycles.